The zero-order valence-corrected chi connectivity index (χ0v) is 10.5. The first-order chi connectivity index (χ1) is 9.10. The van der Waals surface area contributed by atoms with Gasteiger partial charge in [0, 0.05) is 13.2 Å². The normalized spacial score (nSPS) is 11.9. The number of nitrogens with one attached hydrogen (secondary N) is 1. The number of halogens is 1. The van der Waals surface area contributed by atoms with E-state index in [2.05, 4.69) is 17.0 Å². The number of amides is 1. The fourth-order valence-electron chi connectivity index (χ4n) is 1.77. The molecule has 1 aromatic heterocycles. The Morgan fingerprint density at radius 3 is 2.63 bits per heavy atom. The number of benzene rings is 1. The second-order valence-corrected chi connectivity index (χ2v) is 4.11. The number of aryl methyl sites for hydroxylation is 1. The first-order valence-corrected chi connectivity index (χ1v) is 5.78. The topological polar surface area (TPSA) is 46.9 Å². The highest BCUT2D eigenvalue weighted by Crippen LogP contribution is 2.20. The maximum atomic E-state index is 13.0. The van der Waals surface area contributed by atoms with Crippen molar-refractivity contribution < 1.29 is 9.18 Å². The summed E-state index contributed by atoms with van der Waals surface area (Å²) >= 11 is 0. The van der Waals surface area contributed by atoms with Crippen LogP contribution >= 0.6 is 0 Å². The predicted octanol–water partition coefficient (Wildman–Crippen LogP) is 1.95. The van der Waals surface area contributed by atoms with E-state index >= 15 is 0 Å². The summed E-state index contributed by atoms with van der Waals surface area (Å²) in [5, 5.41) is 7.05. The number of hydrogen-bond donors (Lipinski definition) is 1. The third-order valence-electron chi connectivity index (χ3n) is 2.71. The van der Waals surface area contributed by atoms with Gasteiger partial charge in [0.1, 0.15) is 5.82 Å². The van der Waals surface area contributed by atoms with E-state index in [1.54, 1.807) is 36.1 Å². The molecule has 5 heteroatoms. The van der Waals surface area contributed by atoms with E-state index in [1.807, 2.05) is 0 Å². The van der Waals surface area contributed by atoms with Gasteiger partial charge in [-0.1, -0.05) is 18.7 Å². The molecule has 0 aliphatic rings. The summed E-state index contributed by atoms with van der Waals surface area (Å²) in [5.41, 5.74) is 1.44. The lowest BCUT2D eigenvalue weighted by Crippen LogP contribution is -2.28. The highest BCUT2D eigenvalue weighted by atomic mass is 19.1. The summed E-state index contributed by atoms with van der Waals surface area (Å²) in [5.74, 6) is -0.626. The smallest absolute Gasteiger partial charge is 0.244 e. The van der Waals surface area contributed by atoms with Crippen molar-refractivity contribution in [1.29, 1.82) is 0 Å². The van der Waals surface area contributed by atoms with Gasteiger partial charge < -0.3 is 5.32 Å². The highest BCUT2D eigenvalue weighted by molar-refractivity contribution is 5.87. The second kappa shape index (κ2) is 5.48. The molecule has 2 aromatic rings. The number of nitrogens with zero attached hydrogens (tertiary/aromatic N) is 2. The Morgan fingerprint density at radius 2 is 2.11 bits per heavy atom. The highest BCUT2D eigenvalue weighted by Gasteiger charge is 2.18. The minimum Gasteiger partial charge on any atom is -0.340 e. The van der Waals surface area contributed by atoms with Crippen molar-refractivity contribution in [1.82, 2.24) is 15.1 Å². The molecule has 98 valence electrons. The summed E-state index contributed by atoms with van der Waals surface area (Å²) in [6, 6.07) is 7.33. The lowest BCUT2D eigenvalue weighted by atomic mass is 10.0. The lowest BCUT2D eigenvalue weighted by molar-refractivity contribution is -0.117. The fraction of sp³-hybridized carbons (Fsp3) is 0.143. The molecule has 0 saturated carbocycles. The monoisotopic (exact) mass is 259 g/mol. The Kier molecular flexibility index (Phi) is 3.75. The first kappa shape index (κ1) is 13.0. The van der Waals surface area contributed by atoms with Crippen LogP contribution in [0.3, 0.4) is 0 Å². The van der Waals surface area contributed by atoms with Crippen LogP contribution in [-0.2, 0) is 11.8 Å². The lowest BCUT2D eigenvalue weighted by Gasteiger charge is -2.16. The molecule has 1 N–H and O–H groups in total. The first-order valence-electron chi connectivity index (χ1n) is 5.78. The quantitative estimate of drug-likeness (QED) is 0.853. The summed E-state index contributed by atoms with van der Waals surface area (Å²) in [7, 11) is 1.79. The van der Waals surface area contributed by atoms with Gasteiger partial charge in [-0.3, -0.25) is 9.48 Å². The summed E-state index contributed by atoms with van der Waals surface area (Å²) in [4.78, 5) is 11.5. The molecule has 0 aliphatic carbocycles. The third-order valence-corrected chi connectivity index (χ3v) is 2.71. The molecular formula is C14H14FN3O. The van der Waals surface area contributed by atoms with Gasteiger partial charge in [-0.2, -0.15) is 5.10 Å². The maximum absolute atomic E-state index is 13.0. The van der Waals surface area contributed by atoms with Crippen molar-refractivity contribution in [3.8, 4) is 0 Å². The Bertz CT molecular complexity index is 589. The van der Waals surface area contributed by atoms with E-state index in [4.69, 9.17) is 0 Å². The Balaban J connectivity index is 2.36. The minimum absolute atomic E-state index is 0.306. The van der Waals surface area contributed by atoms with Crippen molar-refractivity contribution in [2.45, 2.75) is 6.04 Å². The molecule has 1 amide bonds. The van der Waals surface area contributed by atoms with Gasteiger partial charge in [-0.15, -0.1) is 0 Å². The van der Waals surface area contributed by atoms with Crippen molar-refractivity contribution in [2.75, 3.05) is 0 Å². The van der Waals surface area contributed by atoms with Gasteiger partial charge in [0.2, 0.25) is 5.91 Å². The molecule has 1 heterocycles. The van der Waals surface area contributed by atoms with Gasteiger partial charge >= 0.3 is 0 Å². The summed E-state index contributed by atoms with van der Waals surface area (Å²) in [6.07, 6.45) is 2.98. The van der Waals surface area contributed by atoms with Crippen LogP contribution in [0.5, 0.6) is 0 Å². The van der Waals surface area contributed by atoms with Crippen LogP contribution in [-0.4, -0.2) is 15.7 Å². The van der Waals surface area contributed by atoms with Crippen LogP contribution in [0.15, 0.2) is 49.2 Å². The zero-order chi connectivity index (χ0) is 13.8. The molecule has 0 saturated heterocycles. The van der Waals surface area contributed by atoms with Crippen LogP contribution in [0.2, 0.25) is 0 Å². The van der Waals surface area contributed by atoms with Gasteiger partial charge in [-0.05, 0) is 29.8 Å². The molecule has 0 radical (unpaired) electrons. The number of carbonyl (C=O) groups excluding carboxylic acids is 1. The van der Waals surface area contributed by atoms with E-state index < -0.39 is 6.04 Å². The van der Waals surface area contributed by atoms with Crippen LogP contribution < -0.4 is 5.32 Å². The summed E-state index contributed by atoms with van der Waals surface area (Å²) in [6.45, 7) is 3.42. The van der Waals surface area contributed by atoms with Crippen LogP contribution in [0, 0.1) is 5.82 Å². The van der Waals surface area contributed by atoms with Gasteiger partial charge in [0.05, 0.1) is 11.7 Å². The average Bonchev–Trinajstić information content (AvgIpc) is 2.83. The van der Waals surface area contributed by atoms with Crippen LogP contribution in [0.4, 0.5) is 4.39 Å². The number of aromatic nitrogens is 2. The van der Waals surface area contributed by atoms with Crippen LogP contribution in [0.1, 0.15) is 17.3 Å². The van der Waals surface area contributed by atoms with Gasteiger partial charge in [0.25, 0.3) is 0 Å². The van der Waals surface area contributed by atoms with Crippen molar-refractivity contribution in [3.05, 3.63) is 66.3 Å². The standard InChI is InChI=1S/C14H14FN3O/c1-3-13(19)16-14(12-8-9-18(2)17-12)10-4-6-11(15)7-5-10/h3-9,14H,1H2,2H3,(H,16,19). The third kappa shape index (κ3) is 3.07. The molecule has 0 fully saturated rings. The average molecular weight is 259 g/mol. The molecule has 0 bridgehead atoms. The molecular weight excluding hydrogens is 245 g/mol. The Morgan fingerprint density at radius 1 is 1.42 bits per heavy atom. The van der Waals surface area contributed by atoms with Crippen molar-refractivity contribution >= 4 is 5.91 Å². The molecule has 1 atom stereocenters. The molecule has 0 spiro atoms. The van der Waals surface area contributed by atoms with Crippen LogP contribution in [0.25, 0.3) is 0 Å². The zero-order valence-electron chi connectivity index (χ0n) is 10.5. The maximum Gasteiger partial charge on any atom is 0.244 e. The summed E-state index contributed by atoms with van der Waals surface area (Å²) < 4.78 is 14.6. The van der Waals surface area contributed by atoms with E-state index in [-0.39, 0.29) is 11.7 Å². The molecule has 0 aliphatic heterocycles. The second-order valence-electron chi connectivity index (χ2n) is 4.11. The number of rotatable bonds is 4. The predicted molar refractivity (Wildman–Crippen MR) is 69.8 cm³/mol. The molecule has 1 unspecified atom stereocenters. The molecule has 19 heavy (non-hydrogen) atoms. The van der Waals surface area contributed by atoms with Crippen molar-refractivity contribution in [3.63, 3.8) is 0 Å². The van der Waals surface area contributed by atoms with E-state index in [0.717, 1.165) is 5.56 Å². The Hall–Kier alpha value is -2.43. The largest absolute Gasteiger partial charge is 0.340 e. The Labute approximate surface area is 110 Å². The molecule has 2 rings (SSSR count). The number of hydrogen-bond acceptors (Lipinski definition) is 2. The van der Waals surface area contributed by atoms with Gasteiger partial charge in [-0.25, -0.2) is 4.39 Å². The number of carbonyl (C=O) groups is 1. The van der Waals surface area contributed by atoms with Crippen molar-refractivity contribution in [2.24, 2.45) is 7.05 Å². The van der Waals surface area contributed by atoms with E-state index in [0.29, 0.717) is 5.69 Å². The van der Waals surface area contributed by atoms with E-state index in [1.165, 1.54) is 18.2 Å². The molecule has 1 aromatic carbocycles. The van der Waals surface area contributed by atoms with E-state index in [9.17, 15) is 9.18 Å². The SMILES string of the molecule is C=CC(=O)NC(c1ccc(F)cc1)c1ccn(C)n1. The molecule has 4 nitrogen and oxygen atoms in total. The van der Waals surface area contributed by atoms with Gasteiger partial charge in [0.15, 0.2) is 0 Å². The minimum atomic E-state index is -0.424. The fourth-order valence-corrected chi connectivity index (χ4v) is 1.77.